The van der Waals surface area contributed by atoms with Crippen LogP contribution in [-0.2, 0) is 33.4 Å². The molecule has 25 heavy (non-hydrogen) atoms. The average molecular weight is 357 g/mol. The molecule has 0 amide bonds. The molecule has 9 heteroatoms. The molecular weight excluding hydrogens is 334 g/mol. The van der Waals surface area contributed by atoms with E-state index < -0.39 is 54.0 Å². The van der Waals surface area contributed by atoms with Gasteiger partial charge in [-0.05, 0) is 26.4 Å². The first-order valence-electron chi connectivity index (χ1n) is 8.06. The van der Waals surface area contributed by atoms with E-state index in [-0.39, 0.29) is 12.5 Å². The standard InChI is InChI=1S/C16H23NO8/c1-9(2)5-10(8-17(3)4)13(20)16-23-11(18)6-15(22,14(21)25-16)7-12(19)24-16/h9-10,22H,5-8H2,1-4H3. The van der Waals surface area contributed by atoms with E-state index in [2.05, 4.69) is 0 Å². The summed E-state index contributed by atoms with van der Waals surface area (Å²) in [6.45, 7) is 4.07. The quantitative estimate of drug-likeness (QED) is 0.633. The summed E-state index contributed by atoms with van der Waals surface area (Å²) >= 11 is 0. The summed E-state index contributed by atoms with van der Waals surface area (Å²) in [7, 11) is 3.50. The molecule has 1 N–H and O–H groups in total. The molecule has 2 saturated heterocycles. The molecule has 1 atom stereocenters. The summed E-state index contributed by atoms with van der Waals surface area (Å²) in [5.41, 5.74) is -2.39. The van der Waals surface area contributed by atoms with Crippen molar-refractivity contribution in [3.63, 3.8) is 0 Å². The summed E-state index contributed by atoms with van der Waals surface area (Å²) in [4.78, 5) is 50.9. The molecule has 2 aliphatic heterocycles. The molecule has 0 spiro atoms. The van der Waals surface area contributed by atoms with Gasteiger partial charge in [0.1, 0.15) is 0 Å². The Balaban J connectivity index is 2.43. The number of ether oxygens (including phenoxy) is 3. The molecule has 2 fully saturated rings. The Morgan fingerprint density at radius 1 is 1.12 bits per heavy atom. The van der Waals surface area contributed by atoms with E-state index in [4.69, 9.17) is 14.2 Å². The van der Waals surface area contributed by atoms with Crippen LogP contribution in [-0.4, -0.2) is 65.9 Å². The van der Waals surface area contributed by atoms with Crippen molar-refractivity contribution in [2.75, 3.05) is 20.6 Å². The first-order chi connectivity index (χ1) is 11.5. The van der Waals surface area contributed by atoms with Gasteiger partial charge in [0.15, 0.2) is 5.60 Å². The normalized spacial score (nSPS) is 30.4. The summed E-state index contributed by atoms with van der Waals surface area (Å²) in [5, 5.41) is 10.2. The van der Waals surface area contributed by atoms with E-state index in [0.29, 0.717) is 6.42 Å². The zero-order chi connectivity index (χ0) is 19.0. The van der Waals surface area contributed by atoms with E-state index in [0.717, 1.165) is 0 Å². The SMILES string of the molecule is CC(C)CC(CN(C)C)C(=O)C12OC(=O)CC(O)(CC(=O)O1)C(=O)O2. The molecule has 0 radical (unpaired) electrons. The maximum atomic E-state index is 13.1. The lowest BCUT2D eigenvalue weighted by Gasteiger charge is -2.31. The number of Topliss-reactive ketones (excluding diaryl/α,β-unsaturated/α-hetero) is 1. The van der Waals surface area contributed by atoms with Gasteiger partial charge in [0.2, 0.25) is 0 Å². The first kappa shape index (κ1) is 19.3. The number of aliphatic hydroxyl groups is 1. The zero-order valence-corrected chi connectivity index (χ0v) is 14.7. The fourth-order valence-corrected chi connectivity index (χ4v) is 3.01. The van der Waals surface area contributed by atoms with Crippen molar-refractivity contribution in [1.29, 1.82) is 0 Å². The van der Waals surface area contributed by atoms with Crippen molar-refractivity contribution in [1.82, 2.24) is 4.90 Å². The van der Waals surface area contributed by atoms with Gasteiger partial charge in [-0.1, -0.05) is 13.8 Å². The number of fused-ring (bicyclic) bond motifs is 3. The van der Waals surface area contributed by atoms with E-state index in [1.807, 2.05) is 13.8 Å². The molecule has 2 rings (SSSR count). The van der Waals surface area contributed by atoms with Crippen LogP contribution in [0.15, 0.2) is 0 Å². The third-order valence-corrected chi connectivity index (χ3v) is 3.99. The van der Waals surface area contributed by atoms with Crippen LogP contribution in [0.1, 0.15) is 33.1 Å². The maximum Gasteiger partial charge on any atom is 0.489 e. The number of carbonyl (C=O) groups is 4. The van der Waals surface area contributed by atoms with Crippen molar-refractivity contribution < 1.29 is 38.5 Å². The predicted octanol–water partition coefficient (Wildman–Crippen LogP) is -0.399. The van der Waals surface area contributed by atoms with Crippen LogP contribution in [0.25, 0.3) is 0 Å². The average Bonchev–Trinajstić information content (AvgIpc) is 2.56. The molecule has 140 valence electrons. The second-order valence-electron chi connectivity index (χ2n) is 7.23. The molecule has 0 saturated carbocycles. The number of esters is 3. The van der Waals surface area contributed by atoms with Gasteiger partial charge in [-0.25, -0.2) is 4.79 Å². The lowest BCUT2D eigenvalue weighted by Crippen LogP contribution is -2.53. The van der Waals surface area contributed by atoms with Crippen molar-refractivity contribution in [3.8, 4) is 0 Å². The number of ketones is 1. The largest absolute Gasteiger partial charge is 0.489 e. The summed E-state index contributed by atoms with van der Waals surface area (Å²) in [6, 6.07) is 0. The van der Waals surface area contributed by atoms with Crippen molar-refractivity contribution in [2.24, 2.45) is 11.8 Å². The molecule has 0 aromatic rings. The van der Waals surface area contributed by atoms with E-state index in [1.54, 1.807) is 19.0 Å². The van der Waals surface area contributed by atoms with E-state index >= 15 is 0 Å². The number of rotatable bonds is 6. The van der Waals surface area contributed by atoms with Crippen molar-refractivity contribution in [3.05, 3.63) is 0 Å². The summed E-state index contributed by atoms with van der Waals surface area (Å²) in [5.74, 6) is -7.61. The number of hydrogen-bond donors (Lipinski definition) is 1. The minimum absolute atomic E-state index is 0.112. The number of carbonyl (C=O) groups excluding carboxylic acids is 4. The maximum absolute atomic E-state index is 13.1. The molecule has 9 nitrogen and oxygen atoms in total. The smallest absolute Gasteiger partial charge is 0.382 e. The lowest BCUT2D eigenvalue weighted by molar-refractivity contribution is -0.306. The third kappa shape index (κ3) is 3.98. The summed E-state index contributed by atoms with van der Waals surface area (Å²) in [6.07, 6.45) is -1.16. The third-order valence-electron chi connectivity index (χ3n) is 3.99. The summed E-state index contributed by atoms with van der Waals surface area (Å²) < 4.78 is 14.8. The monoisotopic (exact) mass is 357 g/mol. The lowest BCUT2D eigenvalue weighted by atomic mass is 9.91. The first-order valence-corrected chi connectivity index (χ1v) is 8.06. The van der Waals surface area contributed by atoms with Gasteiger partial charge in [0.05, 0.1) is 12.8 Å². The molecule has 1 unspecified atom stereocenters. The topological polar surface area (TPSA) is 119 Å². The van der Waals surface area contributed by atoms with Crippen LogP contribution in [0.4, 0.5) is 0 Å². The number of nitrogens with zero attached hydrogens (tertiary/aromatic N) is 1. The Bertz CT molecular complexity index is 567. The van der Waals surface area contributed by atoms with Gasteiger partial charge in [0.25, 0.3) is 5.78 Å². The van der Waals surface area contributed by atoms with Gasteiger partial charge in [-0.15, -0.1) is 0 Å². The highest BCUT2D eigenvalue weighted by Gasteiger charge is 2.63. The van der Waals surface area contributed by atoms with Crippen LogP contribution in [0, 0.1) is 11.8 Å². The van der Waals surface area contributed by atoms with Gasteiger partial charge in [0, 0.05) is 12.5 Å². The molecule has 2 bridgehead atoms. The molecule has 0 aromatic carbocycles. The van der Waals surface area contributed by atoms with Crippen LogP contribution < -0.4 is 0 Å². The van der Waals surface area contributed by atoms with Crippen molar-refractivity contribution >= 4 is 23.7 Å². The molecular formula is C16H23NO8. The molecule has 0 aromatic heterocycles. The second-order valence-corrected chi connectivity index (χ2v) is 7.23. The zero-order valence-electron chi connectivity index (χ0n) is 14.7. The molecule has 2 aliphatic rings. The van der Waals surface area contributed by atoms with Gasteiger partial charge in [-0.3, -0.25) is 14.4 Å². The predicted molar refractivity (Wildman–Crippen MR) is 81.7 cm³/mol. The minimum atomic E-state index is -2.78. The van der Waals surface area contributed by atoms with E-state index in [1.165, 1.54) is 0 Å². The molecule has 2 heterocycles. The highest BCUT2D eigenvalue weighted by atomic mass is 16.9. The minimum Gasteiger partial charge on any atom is -0.382 e. The van der Waals surface area contributed by atoms with Crippen LogP contribution >= 0.6 is 0 Å². The van der Waals surface area contributed by atoms with Crippen molar-refractivity contribution in [2.45, 2.75) is 44.7 Å². The Morgan fingerprint density at radius 3 is 2.08 bits per heavy atom. The molecule has 0 aliphatic carbocycles. The van der Waals surface area contributed by atoms with Gasteiger partial charge >= 0.3 is 23.9 Å². The number of hydrogen-bond acceptors (Lipinski definition) is 9. The van der Waals surface area contributed by atoms with Crippen LogP contribution in [0.3, 0.4) is 0 Å². The Labute approximate surface area is 145 Å². The van der Waals surface area contributed by atoms with Gasteiger partial charge < -0.3 is 24.2 Å². The van der Waals surface area contributed by atoms with Crippen LogP contribution in [0.5, 0.6) is 0 Å². The fourth-order valence-electron chi connectivity index (χ4n) is 3.01. The highest BCUT2D eigenvalue weighted by Crippen LogP contribution is 2.37. The fraction of sp³-hybridized carbons (Fsp3) is 0.750. The van der Waals surface area contributed by atoms with Crippen LogP contribution in [0.2, 0.25) is 0 Å². The Kier molecular flexibility index (Phi) is 5.19. The Hall–Kier alpha value is -2.00. The van der Waals surface area contributed by atoms with E-state index in [9.17, 15) is 24.3 Å². The Morgan fingerprint density at radius 2 is 1.64 bits per heavy atom. The van der Waals surface area contributed by atoms with Gasteiger partial charge in [-0.2, -0.15) is 0 Å². The highest BCUT2D eigenvalue weighted by molar-refractivity contribution is 5.99. The second kappa shape index (κ2) is 6.72.